The van der Waals surface area contributed by atoms with Gasteiger partial charge in [0.2, 0.25) is 0 Å². The third-order valence-corrected chi connectivity index (χ3v) is 1.93. The normalized spacial score (nSPS) is 9.00. The van der Waals surface area contributed by atoms with Crippen molar-refractivity contribution < 1.29 is 18.7 Å². The summed E-state index contributed by atoms with van der Waals surface area (Å²) in [7, 11) is 0. The summed E-state index contributed by atoms with van der Waals surface area (Å²) in [4.78, 5) is 13.1. The van der Waals surface area contributed by atoms with E-state index in [0.717, 1.165) is 12.1 Å². The molecule has 5 nitrogen and oxygen atoms in total. The van der Waals surface area contributed by atoms with Crippen LogP contribution in [0.2, 0.25) is 0 Å². The number of carbonyl (C=O) groups is 1. The highest BCUT2D eigenvalue weighted by atomic mass is 19.1. The molecular formula is C11H7F2N3O2. The van der Waals surface area contributed by atoms with Gasteiger partial charge >= 0.3 is 5.97 Å². The van der Waals surface area contributed by atoms with Crippen molar-refractivity contribution in [2.45, 2.75) is 6.42 Å². The van der Waals surface area contributed by atoms with Crippen LogP contribution in [0.15, 0.2) is 17.2 Å². The van der Waals surface area contributed by atoms with Gasteiger partial charge < -0.3 is 5.11 Å². The molecule has 0 saturated carbocycles. The summed E-state index contributed by atoms with van der Waals surface area (Å²) in [5.74, 6) is 0.794. The zero-order chi connectivity index (χ0) is 13.5. The SMILES string of the molecule is [N-]=[N+]=NCCC#Cc1ccc(F)c(C(=O)O)c1F. The molecule has 0 atom stereocenters. The van der Waals surface area contributed by atoms with Crippen molar-refractivity contribution in [3.63, 3.8) is 0 Å². The van der Waals surface area contributed by atoms with Gasteiger partial charge in [0.15, 0.2) is 5.82 Å². The molecule has 7 heteroatoms. The Morgan fingerprint density at radius 2 is 2.22 bits per heavy atom. The molecule has 0 radical (unpaired) electrons. The van der Waals surface area contributed by atoms with Crippen LogP contribution in [0.3, 0.4) is 0 Å². The Labute approximate surface area is 101 Å². The standard InChI is InChI=1S/C11H7F2N3O2/c12-8-5-4-7(3-1-2-6-15-16-14)10(13)9(8)11(17)18/h4-5H,2,6H2,(H,17,18). The number of nitrogens with zero attached hydrogens (tertiary/aromatic N) is 3. The minimum absolute atomic E-state index is 0.123. The van der Waals surface area contributed by atoms with Crippen molar-refractivity contribution in [3.8, 4) is 11.8 Å². The van der Waals surface area contributed by atoms with Crippen molar-refractivity contribution in [2.24, 2.45) is 5.11 Å². The third-order valence-electron chi connectivity index (χ3n) is 1.93. The lowest BCUT2D eigenvalue weighted by atomic mass is 10.1. The number of carboxylic acid groups (broad SMARTS) is 1. The lowest BCUT2D eigenvalue weighted by Crippen LogP contribution is -2.06. The van der Waals surface area contributed by atoms with Gasteiger partial charge in [-0.2, -0.15) is 0 Å². The third kappa shape index (κ3) is 3.20. The largest absolute Gasteiger partial charge is 0.477 e. The maximum atomic E-state index is 13.6. The Hall–Kier alpha value is -2.58. The molecule has 0 aliphatic carbocycles. The average molecular weight is 251 g/mol. The average Bonchev–Trinajstić information content (AvgIpc) is 2.31. The summed E-state index contributed by atoms with van der Waals surface area (Å²) >= 11 is 0. The van der Waals surface area contributed by atoms with E-state index in [1.54, 1.807) is 0 Å². The van der Waals surface area contributed by atoms with Crippen molar-refractivity contribution in [2.75, 3.05) is 6.54 Å². The number of carboxylic acids is 1. The van der Waals surface area contributed by atoms with Crippen LogP contribution in [0.25, 0.3) is 10.4 Å². The van der Waals surface area contributed by atoms with Crippen molar-refractivity contribution in [3.05, 3.63) is 45.3 Å². The van der Waals surface area contributed by atoms with Gasteiger partial charge in [0.05, 0.1) is 5.56 Å². The molecule has 0 aliphatic rings. The van der Waals surface area contributed by atoms with Gasteiger partial charge in [-0.05, 0) is 17.7 Å². The van der Waals surface area contributed by atoms with Gasteiger partial charge in [-0.15, -0.1) is 0 Å². The van der Waals surface area contributed by atoms with E-state index in [0.29, 0.717) is 0 Å². The molecule has 0 spiro atoms. The molecule has 1 N–H and O–H groups in total. The molecule has 0 fully saturated rings. The van der Waals surface area contributed by atoms with Crippen LogP contribution in [0, 0.1) is 23.5 Å². The fourth-order valence-corrected chi connectivity index (χ4v) is 1.15. The quantitative estimate of drug-likeness (QED) is 0.294. The van der Waals surface area contributed by atoms with E-state index in [4.69, 9.17) is 10.6 Å². The van der Waals surface area contributed by atoms with E-state index >= 15 is 0 Å². The molecule has 92 valence electrons. The highest BCUT2D eigenvalue weighted by molar-refractivity contribution is 5.88. The number of aromatic carboxylic acids is 1. The van der Waals surface area contributed by atoms with Gasteiger partial charge in [-0.3, -0.25) is 0 Å². The molecule has 0 aliphatic heterocycles. The highest BCUT2D eigenvalue weighted by Gasteiger charge is 2.18. The smallest absolute Gasteiger partial charge is 0.341 e. The maximum absolute atomic E-state index is 13.6. The van der Waals surface area contributed by atoms with Crippen molar-refractivity contribution >= 4 is 5.97 Å². The number of rotatable bonds is 3. The molecule has 18 heavy (non-hydrogen) atoms. The van der Waals surface area contributed by atoms with Crippen LogP contribution in [-0.2, 0) is 0 Å². The zero-order valence-corrected chi connectivity index (χ0v) is 9.02. The van der Waals surface area contributed by atoms with Gasteiger partial charge in [0.1, 0.15) is 11.4 Å². The lowest BCUT2D eigenvalue weighted by Gasteiger charge is -2.01. The fourth-order valence-electron chi connectivity index (χ4n) is 1.15. The van der Waals surface area contributed by atoms with Gasteiger partial charge in [-0.1, -0.05) is 17.0 Å². The van der Waals surface area contributed by atoms with E-state index < -0.39 is 23.2 Å². The van der Waals surface area contributed by atoms with Gasteiger partial charge in [-0.25, -0.2) is 13.6 Å². The van der Waals surface area contributed by atoms with Crippen LogP contribution >= 0.6 is 0 Å². The second-order valence-electron chi connectivity index (χ2n) is 3.10. The molecule has 0 aromatic heterocycles. The Morgan fingerprint density at radius 3 is 2.83 bits per heavy atom. The summed E-state index contributed by atoms with van der Waals surface area (Å²) in [6, 6.07) is 1.89. The van der Waals surface area contributed by atoms with Crippen LogP contribution in [0.4, 0.5) is 8.78 Å². The molecule has 0 bridgehead atoms. The predicted octanol–water partition coefficient (Wildman–Crippen LogP) is 2.71. The minimum atomic E-state index is -1.69. The zero-order valence-electron chi connectivity index (χ0n) is 9.02. The predicted molar refractivity (Wildman–Crippen MR) is 58.8 cm³/mol. The molecule has 0 heterocycles. The minimum Gasteiger partial charge on any atom is -0.477 e. The molecule has 0 unspecified atom stereocenters. The first kappa shape index (κ1) is 13.5. The first-order valence-electron chi connectivity index (χ1n) is 4.79. The molecular weight excluding hydrogens is 244 g/mol. The van der Waals surface area contributed by atoms with Crippen LogP contribution < -0.4 is 0 Å². The van der Waals surface area contributed by atoms with E-state index in [1.807, 2.05) is 0 Å². The van der Waals surface area contributed by atoms with Crippen LogP contribution in [0.5, 0.6) is 0 Å². The van der Waals surface area contributed by atoms with Gasteiger partial charge in [0.25, 0.3) is 0 Å². The maximum Gasteiger partial charge on any atom is 0.341 e. The summed E-state index contributed by atoms with van der Waals surface area (Å²) in [6.07, 6.45) is 0.198. The first-order valence-corrected chi connectivity index (χ1v) is 4.79. The number of benzene rings is 1. The Bertz CT molecular complexity index is 584. The second kappa shape index (κ2) is 6.23. The van der Waals surface area contributed by atoms with Crippen LogP contribution in [0.1, 0.15) is 22.3 Å². The highest BCUT2D eigenvalue weighted by Crippen LogP contribution is 2.16. The number of hydrogen-bond donors (Lipinski definition) is 1. The number of azide groups is 1. The summed E-state index contributed by atoms with van der Waals surface area (Å²) in [6.45, 7) is 0.123. The first-order chi connectivity index (χ1) is 8.57. The van der Waals surface area contributed by atoms with E-state index in [9.17, 15) is 13.6 Å². The van der Waals surface area contributed by atoms with Crippen LogP contribution in [-0.4, -0.2) is 17.6 Å². The van der Waals surface area contributed by atoms with Crippen molar-refractivity contribution in [1.29, 1.82) is 0 Å². The molecule has 0 amide bonds. The van der Waals surface area contributed by atoms with Gasteiger partial charge in [0, 0.05) is 17.9 Å². The van der Waals surface area contributed by atoms with Crippen molar-refractivity contribution in [1.82, 2.24) is 0 Å². The van der Waals surface area contributed by atoms with E-state index in [-0.39, 0.29) is 18.5 Å². The molecule has 1 rings (SSSR count). The monoisotopic (exact) mass is 251 g/mol. The lowest BCUT2D eigenvalue weighted by molar-refractivity contribution is 0.0686. The van der Waals surface area contributed by atoms with E-state index in [2.05, 4.69) is 21.9 Å². The topological polar surface area (TPSA) is 86.1 Å². The number of hydrogen-bond acceptors (Lipinski definition) is 2. The Balaban J connectivity index is 3.01. The summed E-state index contributed by atoms with van der Waals surface area (Å²) in [5, 5.41) is 11.8. The van der Waals surface area contributed by atoms with E-state index in [1.165, 1.54) is 0 Å². The molecule has 0 saturated heterocycles. The molecule has 1 aromatic rings. The number of halogens is 2. The second-order valence-corrected chi connectivity index (χ2v) is 3.10. The fraction of sp³-hybridized carbons (Fsp3) is 0.182. The Kier molecular flexibility index (Phi) is 4.67. The molecule has 1 aromatic carbocycles. The summed E-state index contributed by atoms with van der Waals surface area (Å²) < 4.78 is 26.6. The summed E-state index contributed by atoms with van der Waals surface area (Å²) in [5.41, 5.74) is 6.75. The Morgan fingerprint density at radius 1 is 1.50 bits per heavy atom.